The summed E-state index contributed by atoms with van der Waals surface area (Å²) in [5.74, 6) is 3.02. The average Bonchev–Trinajstić information content (AvgIpc) is 3.03. The van der Waals surface area contributed by atoms with Crippen LogP contribution in [0.5, 0.6) is 23.0 Å². The third kappa shape index (κ3) is 4.98. The van der Waals surface area contributed by atoms with Crippen LogP contribution in [-0.4, -0.2) is 0 Å². The number of benzene rings is 7. The van der Waals surface area contributed by atoms with Gasteiger partial charge in [-0.25, -0.2) is 0 Å². The summed E-state index contributed by atoms with van der Waals surface area (Å²) in [7, 11) is 0. The number of anilines is 2. The number of nitrogen functional groups attached to an aromatic ring is 2. The molecule has 0 aliphatic rings. The molecular weight excluding hydrogens is 516 g/mol. The fraction of sp³-hybridized carbons (Fsp3) is 0. The molecule has 0 saturated heterocycles. The molecule has 0 spiro atoms. The van der Waals surface area contributed by atoms with Crippen molar-refractivity contribution in [3.63, 3.8) is 0 Å². The smallest absolute Gasteiger partial charge is 0.127 e. The molecule has 0 bridgehead atoms. The normalized spacial score (nSPS) is 11.0. The second-order valence-corrected chi connectivity index (χ2v) is 10.3. The van der Waals surface area contributed by atoms with Crippen molar-refractivity contribution in [1.29, 1.82) is 0 Å². The van der Waals surface area contributed by atoms with E-state index in [1.165, 1.54) is 27.1 Å². The highest BCUT2D eigenvalue weighted by molar-refractivity contribution is 6.14. The van der Waals surface area contributed by atoms with E-state index in [0.717, 1.165) is 39.7 Å². The zero-order chi connectivity index (χ0) is 28.5. The molecule has 0 aliphatic heterocycles. The summed E-state index contributed by atoms with van der Waals surface area (Å²) in [6.07, 6.45) is 0. The van der Waals surface area contributed by atoms with Crippen LogP contribution in [0.25, 0.3) is 43.8 Å². The average molecular weight is 545 g/mol. The van der Waals surface area contributed by atoms with Crippen LogP contribution < -0.4 is 20.9 Å². The van der Waals surface area contributed by atoms with E-state index in [-0.39, 0.29) is 0 Å². The van der Waals surface area contributed by atoms with E-state index in [0.29, 0.717) is 11.4 Å². The molecule has 0 fully saturated rings. The Morgan fingerprint density at radius 1 is 0.357 bits per heavy atom. The molecule has 4 heteroatoms. The molecule has 0 amide bonds. The van der Waals surface area contributed by atoms with Gasteiger partial charge in [-0.15, -0.1) is 0 Å². The van der Waals surface area contributed by atoms with Gasteiger partial charge in [0.25, 0.3) is 0 Å². The van der Waals surface area contributed by atoms with Crippen molar-refractivity contribution < 1.29 is 9.47 Å². The maximum absolute atomic E-state index is 6.08. The molecule has 0 aromatic heterocycles. The quantitative estimate of drug-likeness (QED) is 0.161. The summed E-state index contributed by atoms with van der Waals surface area (Å²) in [6, 6.07) is 48.7. The molecule has 7 aromatic rings. The van der Waals surface area contributed by atoms with Crippen molar-refractivity contribution in [2.75, 3.05) is 11.5 Å². The van der Waals surface area contributed by atoms with E-state index in [1.807, 2.05) is 72.8 Å². The van der Waals surface area contributed by atoms with E-state index in [4.69, 9.17) is 20.9 Å². The Morgan fingerprint density at radius 3 is 1.40 bits per heavy atom. The van der Waals surface area contributed by atoms with Crippen LogP contribution in [0.4, 0.5) is 11.4 Å². The maximum Gasteiger partial charge on any atom is 0.127 e. The molecular formula is C38H28N2O2. The van der Waals surface area contributed by atoms with Gasteiger partial charge in [-0.1, -0.05) is 72.8 Å². The lowest BCUT2D eigenvalue weighted by atomic mass is 9.88. The number of ether oxygens (including phenoxy) is 2. The third-order valence-electron chi connectivity index (χ3n) is 7.47. The summed E-state index contributed by atoms with van der Waals surface area (Å²) in [5, 5.41) is 4.87. The minimum Gasteiger partial charge on any atom is -0.457 e. The first kappa shape index (κ1) is 25.2. The molecule has 42 heavy (non-hydrogen) atoms. The minimum atomic E-state index is 0.707. The standard InChI is InChI=1S/C38H28N2O2/c39-28-10-18-32(19-11-28)41-30-14-5-26(6-15-30)35-23-24-36-34-4-2-1-3-25(34)9-22-37(36)38(35)27-7-16-31(17-8-27)42-33-20-12-29(40)13-21-33/h1-24H,39-40H2. The highest BCUT2D eigenvalue weighted by Crippen LogP contribution is 2.41. The fourth-order valence-corrected chi connectivity index (χ4v) is 5.38. The first-order valence-electron chi connectivity index (χ1n) is 13.8. The van der Waals surface area contributed by atoms with Crippen molar-refractivity contribution in [2.24, 2.45) is 0 Å². The number of nitrogens with two attached hydrogens (primary N) is 2. The van der Waals surface area contributed by atoms with E-state index in [2.05, 4.69) is 72.8 Å². The van der Waals surface area contributed by atoms with Gasteiger partial charge in [0, 0.05) is 11.4 Å². The molecule has 0 heterocycles. The zero-order valence-corrected chi connectivity index (χ0v) is 22.8. The van der Waals surface area contributed by atoms with Gasteiger partial charge < -0.3 is 20.9 Å². The van der Waals surface area contributed by atoms with Crippen molar-refractivity contribution >= 4 is 32.9 Å². The van der Waals surface area contributed by atoms with Gasteiger partial charge in [0.1, 0.15) is 23.0 Å². The molecule has 0 radical (unpaired) electrons. The molecule has 7 aromatic carbocycles. The number of rotatable bonds is 6. The van der Waals surface area contributed by atoms with Gasteiger partial charge in [-0.3, -0.25) is 0 Å². The van der Waals surface area contributed by atoms with Gasteiger partial charge >= 0.3 is 0 Å². The van der Waals surface area contributed by atoms with Crippen LogP contribution in [0.1, 0.15) is 0 Å². The predicted octanol–water partition coefficient (Wildman–Crippen LogP) is 10.1. The SMILES string of the molecule is Nc1ccc(Oc2ccc(-c3ccc4c(ccc5ccccc54)c3-c3ccc(Oc4ccc(N)cc4)cc3)cc2)cc1. The van der Waals surface area contributed by atoms with E-state index < -0.39 is 0 Å². The van der Waals surface area contributed by atoms with Crippen molar-refractivity contribution in [3.8, 4) is 45.3 Å². The molecule has 7 rings (SSSR count). The van der Waals surface area contributed by atoms with Crippen LogP contribution in [0.15, 0.2) is 146 Å². The minimum absolute atomic E-state index is 0.707. The maximum atomic E-state index is 6.08. The third-order valence-corrected chi connectivity index (χ3v) is 7.47. The van der Waals surface area contributed by atoms with Crippen LogP contribution in [0, 0.1) is 0 Å². The van der Waals surface area contributed by atoms with E-state index in [1.54, 1.807) is 0 Å². The van der Waals surface area contributed by atoms with Gasteiger partial charge in [0.05, 0.1) is 0 Å². The lowest BCUT2D eigenvalue weighted by molar-refractivity contribution is 0.482. The van der Waals surface area contributed by atoms with E-state index >= 15 is 0 Å². The van der Waals surface area contributed by atoms with E-state index in [9.17, 15) is 0 Å². The molecule has 0 aliphatic carbocycles. The second-order valence-electron chi connectivity index (χ2n) is 10.3. The summed E-state index contributed by atoms with van der Waals surface area (Å²) < 4.78 is 12.1. The Kier molecular flexibility index (Phi) is 6.42. The molecule has 0 saturated carbocycles. The Bertz CT molecular complexity index is 2010. The van der Waals surface area contributed by atoms with Crippen LogP contribution in [0.2, 0.25) is 0 Å². The molecule has 4 nitrogen and oxygen atoms in total. The highest BCUT2D eigenvalue weighted by atomic mass is 16.5. The number of hydrogen-bond donors (Lipinski definition) is 2. The van der Waals surface area contributed by atoms with Gasteiger partial charge in [-0.2, -0.15) is 0 Å². The summed E-state index contributed by atoms with van der Waals surface area (Å²) in [5.41, 5.74) is 17.6. The number of fused-ring (bicyclic) bond motifs is 3. The van der Waals surface area contributed by atoms with Crippen molar-refractivity contribution in [3.05, 3.63) is 146 Å². The number of hydrogen-bond acceptors (Lipinski definition) is 4. The monoisotopic (exact) mass is 544 g/mol. The Morgan fingerprint density at radius 2 is 0.833 bits per heavy atom. The highest BCUT2D eigenvalue weighted by Gasteiger charge is 2.14. The summed E-state index contributed by atoms with van der Waals surface area (Å²) in [6.45, 7) is 0. The summed E-state index contributed by atoms with van der Waals surface area (Å²) in [4.78, 5) is 0. The zero-order valence-electron chi connectivity index (χ0n) is 22.8. The van der Waals surface area contributed by atoms with Gasteiger partial charge in [-0.05, 0) is 117 Å². The van der Waals surface area contributed by atoms with Crippen molar-refractivity contribution in [2.45, 2.75) is 0 Å². The van der Waals surface area contributed by atoms with Crippen LogP contribution >= 0.6 is 0 Å². The second kappa shape index (κ2) is 10.7. The van der Waals surface area contributed by atoms with Crippen LogP contribution in [0.3, 0.4) is 0 Å². The lowest BCUT2D eigenvalue weighted by Gasteiger charge is -2.16. The topological polar surface area (TPSA) is 70.5 Å². The molecule has 0 unspecified atom stereocenters. The largest absolute Gasteiger partial charge is 0.457 e. The molecule has 4 N–H and O–H groups in total. The Balaban J connectivity index is 1.30. The fourth-order valence-electron chi connectivity index (χ4n) is 5.38. The van der Waals surface area contributed by atoms with Gasteiger partial charge in [0.15, 0.2) is 0 Å². The molecule has 202 valence electrons. The van der Waals surface area contributed by atoms with Crippen molar-refractivity contribution in [1.82, 2.24) is 0 Å². The summed E-state index contributed by atoms with van der Waals surface area (Å²) >= 11 is 0. The first-order chi connectivity index (χ1) is 20.6. The molecule has 0 atom stereocenters. The van der Waals surface area contributed by atoms with Gasteiger partial charge in [0.2, 0.25) is 0 Å². The first-order valence-corrected chi connectivity index (χ1v) is 13.8. The lowest BCUT2D eigenvalue weighted by Crippen LogP contribution is -1.91. The van der Waals surface area contributed by atoms with Crippen LogP contribution in [-0.2, 0) is 0 Å². The Labute approximate surface area is 244 Å². The predicted molar refractivity (Wildman–Crippen MR) is 174 cm³/mol. The Hall–Kier alpha value is -5.74.